The fourth-order valence-corrected chi connectivity index (χ4v) is 2.68. The Labute approximate surface area is 110 Å². The van der Waals surface area contributed by atoms with E-state index in [0.717, 1.165) is 25.7 Å². The standard InChI is InChI=1S/C14H26N2O2/c1-5-8-10(4)15-12-9-13(17)16(14(12)18)11(6-2)7-3/h10-12,15H,5-9H2,1-4H3. The maximum atomic E-state index is 12.3. The number of carbonyl (C=O) groups is 2. The lowest BCUT2D eigenvalue weighted by molar-refractivity contribution is -0.141. The van der Waals surface area contributed by atoms with Gasteiger partial charge in [0, 0.05) is 12.1 Å². The number of carbonyl (C=O) groups excluding carboxylic acids is 2. The zero-order valence-electron chi connectivity index (χ0n) is 12.0. The Morgan fingerprint density at radius 1 is 1.28 bits per heavy atom. The Bertz CT molecular complexity index is 300. The van der Waals surface area contributed by atoms with Crippen molar-refractivity contribution >= 4 is 11.8 Å². The van der Waals surface area contributed by atoms with Crippen LogP contribution in [0.25, 0.3) is 0 Å². The summed E-state index contributed by atoms with van der Waals surface area (Å²) in [4.78, 5) is 25.7. The van der Waals surface area contributed by atoms with Gasteiger partial charge in [-0.05, 0) is 26.2 Å². The molecule has 104 valence electrons. The number of likely N-dealkylation sites (tertiary alicyclic amines) is 1. The van der Waals surface area contributed by atoms with Crippen molar-refractivity contribution in [2.75, 3.05) is 0 Å². The van der Waals surface area contributed by atoms with Gasteiger partial charge >= 0.3 is 0 Å². The number of amides is 2. The summed E-state index contributed by atoms with van der Waals surface area (Å²) >= 11 is 0. The lowest BCUT2D eigenvalue weighted by Gasteiger charge is -2.25. The van der Waals surface area contributed by atoms with Gasteiger partial charge in [0.1, 0.15) is 0 Å². The zero-order chi connectivity index (χ0) is 13.7. The van der Waals surface area contributed by atoms with Gasteiger partial charge in [0.15, 0.2) is 0 Å². The molecule has 0 aromatic carbocycles. The van der Waals surface area contributed by atoms with Crippen LogP contribution in [0.5, 0.6) is 0 Å². The molecule has 0 aliphatic carbocycles. The zero-order valence-corrected chi connectivity index (χ0v) is 12.0. The molecule has 0 saturated carbocycles. The number of nitrogens with zero attached hydrogens (tertiary/aromatic N) is 1. The molecule has 1 N–H and O–H groups in total. The van der Waals surface area contributed by atoms with Gasteiger partial charge in [-0.15, -0.1) is 0 Å². The van der Waals surface area contributed by atoms with Crippen molar-refractivity contribution in [1.82, 2.24) is 10.2 Å². The van der Waals surface area contributed by atoms with Crippen LogP contribution in [-0.4, -0.2) is 34.8 Å². The third-order valence-corrected chi connectivity index (χ3v) is 3.70. The molecule has 2 atom stereocenters. The summed E-state index contributed by atoms with van der Waals surface area (Å²) in [5, 5.41) is 3.28. The first-order valence-corrected chi connectivity index (χ1v) is 7.16. The van der Waals surface area contributed by atoms with Crippen LogP contribution in [-0.2, 0) is 9.59 Å². The molecule has 1 saturated heterocycles. The molecule has 2 unspecified atom stereocenters. The van der Waals surface area contributed by atoms with Gasteiger partial charge in [0.2, 0.25) is 11.8 Å². The van der Waals surface area contributed by atoms with Crippen LogP contribution in [0.2, 0.25) is 0 Å². The second-order valence-corrected chi connectivity index (χ2v) is 5.19. The van der Waals surface area contributed by atoms with E-state index in [9.17, 15) is 9.59 Å². The van der Waals surface area contributed by atoms with Crippen LogP contribution in [0.3, 0.4) is 0 Å². The third kappa shape index (κ3) is 3.31. The lowest BCUT2D eigenvalue weighted by Crippen LogP contribution is -2.45. The van der Waals surface area contributed by atoms with E-state index in [2.05, 4.69) is 19.2 Å². The van der Waals surface area contributed by atoms with E-state index in [-0.39, 0.29) is 23.9 Å². The van der Waals surface area contributed by atoms with Crippen molar-refractivity contribution in [3.63, 3.8) is 0 Å². The maximum absolute atomic E-state index is 12.3. The maximum Gasteiger partial charge on any atom is 0.247 e. The quantitative estimate of drug-likeness (QED) is 0.708. The molecule has 0 bridgehead atoms. The smallest absolute Gasteiger partial charge is 0.247 e. The molecule has 0 aromatic heterocycles. The summed E-state index contributed by atoms with van der Waals surface area (Å²) < 4.78 is 0. The van der Waals surface area contributed by atoms with E-state index in [1.165, 1.54) is 4.90 Å². The van der Waals surface area contributed by atoms with E-state index >= 15 is 0 Å². The fraction of sp³-hybridized carbons (Fsp3) is 0.857. The van der Waals surface area contributed by atoms with Crippen molar-refractivity contribution in [3.8, 4) is 0 Å². The van der Waals surface area contributed by atoms with Gasteiger partial charge in [0.05, 0.1) is 12.5 Å². The van der Waals surface area contributed by atoms with E-state index in [0.29, 0.717) is 12.5 Å². The number of hydrogen-bond donors (Lipinski definition) is 1. The first-order chi connectivity index (χ1) is 8.54. The summed E-state index contributed by atoms with van der Waals surface area (Å²) in [6, 6.07) is 0.0522. The van der Waals surface area contributed by atoms with Crippen LogP contribution in [0.4, 0.5) is 0 Å². The van der Waals surface area contributed by atoms with Crippen LogP contribution in [0.15, 0.2) is 0 Å². The molecule has 0 spiro atoms. The predicted octanol–water partition coefficient (Wildman–Crippen LogP) is 2.08. The number of hydrogen-bond acceptors (Lipinski definition) is 3. The Kier molecular flexibility index (Phi) is 5.79. The minimum atomic E-state index is -0.306. The Morgan fingerprint density at radius 2 is 1.89 bits per heavy atom. The second-order valence-electron chi connectivity index (χ2n) is 5.19. The highest BCUT2D eigenvalue weighted by molar-refractivity contribution is 6.05. The number of nitrogens with one attached hydrogen (secondary N) is 1. The van der Waals surface area contributed by atoms with Crippen molar-refractivity contribution in [2.24, 2.45) is 0 Å². The summed E-state index contributed by atoms with van der Waals surface area (Å²) in [5.74, 6) is -0.0495. The summed E-state index contributed by atoms with van der Waals surface area (Å²) in [6.45, 7) is 8.24. The van der Waals surface area contributed by atoms with Gasteiger partial charge in [-0.2, -0.15) is 0 Å². The molecule has 1 aliphatic heterocycles. The highest BCUT2D eigenvalue weighted by atomic mass is 16.2. The molecule has 1 heterocycles. The molecule has 4 nitrogen and oxygen atoms in total. The number of rotatable bonds is 7. The lowest BCUT2D eigenvalue weighted by atomic mass is 10.1. The SMILES string of the molecule is CCCC(C)NC1CC(=O)N(C(CC)CC)C1=O. The van der Waals surface area contributed by atoms with Gasteiger partial charge in [-0.3, -0.25) is 14.5 Å². The van der Waals surface area contributed by atoms with Crippen LogP contribution < -0.4 is 5.32 Å². The number of imide groups is 1. The highest BCUT2D eigenvalue weighted by Gasteiger charge is 2.41. The second kappa shape index (κ2) is 6.88. The van der Waals surface area contributed by atoms with E-state index in [4.69, 9.17) is 0 Å². The average molecular weight is 254 g/mol. The van der Waals surface area contributed by atoms with Crippen molar-refractivity contribution < 1.29 is 9.59 Å². The first kappa shape index (κ1) is 15.2. The Balaban J connectivity index is 2.66. The largest absolute Gasteiger partial charge is 0.303 e. The van der Waals surface area contributed by atoms with E-state index in [1.807, 2.05) is 13.8 Å². The third-order valence-electron chi connectivity index (χ3n) is 3.70. The van der Waals surface area contributed by atoms with Crippen LogP contribution >= 0.6 is 0 Å². The molecule has 1 aliphatic rings. The normalized spacial score (nSPS) is 22.1. The predicted molar refractivity (Wildman–Crippen MR) is 72.1 cm³/mol. The molecule has 0 radical (unpaired) electrons. The monoisotopic (exact) mass is 254 g/mol. The summed E-state index contributed by atoms with van der Waals surface area (Å²) in [5.41, 5.74) is 0. The molecule has 2 amide bonds. The van der Waals surface area contributed by atoms with Crippen molar-refractivity contribution in [2.45, 2.75) is 77.9 Å². The van der Waals surface area contributed by atoms with Gasteiger partial charge in [-0.25, -0.2) is 0 Å². The highest BCUT2D eigenvalue weighted by Crippen LogP contribution is 2.20. The topological polar surface area (TPSA) is 49.4 Å². The summed E-state index contributed by atoms with van der Waals surface area (Å²) in [6.07, 6.45) is 4.11. The molecule has 1 fully saturated rings. The fourth-order valence-electron chi connectivity index (χ4n) is 2.68. The van der Waals surface area contributed by atoms with E-state index < -0.39 is 0 Å². The van der Waals surface area contributed by atoms with Crippen LogP contribution in [0, 0.1) is 0 Å². The van der Waals surface area contributed by atoms with Gasteiger partial charge in [-0.1, -0.05) is 27.2 Å². The average Bonchev–Trinajstić information content (AvgIpc) is 2.59. The molecule has 0 aromatic rings. The minimum Gasteiger partial charge on any atom is -0.303 e. The Morgan fingerprint density at radius 3 is 2.39 bits per heavy atom. The van der Waals surface area contributed by atoms with Gasteiger partial charge in [0.25, 0.3) is 0 Å². The molecular weight excluding hydrogens is 228 g/mol. The molecule has 4 heteroatoms. The minimum absolute atomic E-state index is 0.0186. The molecule has 1 rings (SSSR count). The Hall–Kier alpha value is -0.900. The van der Waals surface area contributed by atoms with Gasteiger partial charge < -0.3 is 5.32 Å². The molecule has 18 heavy (non-hydrogen) atoms. The molecular formula is C14H26N2O2. The van der Waals surface area contributed by atoms with Crippen molar-refractivity contribution in [1.29, 1.82) is 0 Å². The first-order valence-electron chi connectivity index (χ1n) is 7.16. The van der Waals surface area contributed by atoms with Crippen LogP contribution in [0.1, 0.15) is 59.8 Å². The summed E-state index contributed by atoms with van der Waals surface area (Å²) in [7, 11) is 0. The van der Waals surface area contributed by atoms with Crippen molar-refractivity contribution in [3.05, 3.63) is 0 Å². The van der Waals surface area contributed by atoms with E-state index in [1.54, 1.807) is 0 Å².